The molecule has 1 heterocycles. The second-order valence-electron chi connectivity index (χ2n) is 3.11. The molecule has 0 amide bonds. The van der Waals surface area contributed by atoms with E-state index < -0.39 is 0 Å². The number of aromatic amines is 1. The summed E-state index contributed by atoms with van der Waals surface area (Å²) in [4.78, 5) is 15.6. The van der Waals surface area contributed by atoms with E-state index in [4.69, 9.17) is 11.6 Å². The molecule has 16 heavy (non-hydrogen) atoms. The van der Waals surface area contributed by atoms with Gasteiger partial charge in [0, 0.05) is 10.5 Å². The molecule has 82 valence electrons. The van der Waals surface area contributed by atoms with Gasteiger partial charge in [-0.2, -0.15) is 0 Å². The zero-order chi connectivity index (χ0) is 11.5. The van der Waals surface area contributed by atoms with E-state index in [9.17, 15) is 4.79 Å². The van der Waals surface area contributed by atoms with Gasteiger partial charge in [-0.3, -0.25) is 9.89 Å². The Labute approximate surface area is 101 Å². The number of rotatable bonds is 3. The van der Waals surface area contributed by atoms with E-state index in [1.165, 1.54) is 11.8 Å². The number of hydrogen-bond acceptors (Lipinski definition) is 4. The van der Waals surface area contributed by atoms with Crippen LogP contribution in [-0.2, 0) is 0 Å². The van der Waals surface area contributed by atoms with Gasteiger partial charge >= 0.3 is 0 Å². The summed E-state index contributed by atoms with van der Waals surface area (Å²) in [6, 6.07) is 5.21. The first-order valence-electron chi connectivity index (χ1n) is 4.50. The van der Waals surface area contributed by atoms with E-state index in [0.717, 1.165) is 17.0 Å². The molecule has 0 saturated heterocycles. The van der Waals surface area contributed by atoms with Crippen molar-refractivity contribution < 1.29 is 4.79 Å². The molecular formula is C10H8ClN3OS. The van der Waals surface area contributed by atoms with Gasteiger partial charge in [-0.1, -0.05) is 11.6 Å². The van der Waals surface area contributed by atoms with Crippen LogP contribution in [0.1, 0.15) is 16.2 Å². The average molecular weight is 254 g/mol. The molecule has 0 radical (unpaired) electrons. The van der Waals surface area contributed by atoms with Crippen LogP contribution in [0.15, 0.2) is 28.3 Å². The minimum absolute atomic E-state index is 0.437. The number of hydrogen-bond donors (Lipinski definition) is 1. The third-order valence-corrected chi connectivity index (χ3v) is 3.07. The maximum Gasteiger partial charge on any atom is 0.213 e. The van der Waals surface area contributed by atoms with Crippen molar-refractivity contribution in [1.82, 2.24) is 15.2 Å². The van der Waals surface area contributed by atoms with Crippen LogP contribution < -0.4 is 0 Å². The lowest BCUT2D eigenvalue weighted by Gasteiger charge is -1.99. The maximum atomic E-state index is 10.6. The van der Waals surface area contributed by atoms with Crippen LogP contribution in [0, 0.1) is 6.92 Å². The Morgan fingerprint density at radius 1 is 1.50 bits per heavy atom. The first kappa shape index (κ1) is 11.2. The number of halogens is 1. The van der Waals surface area contributed by atoms with Crippen molar-refractivity contribution in [3.63, 3.8) is 0 Å². The molecule has 1 aromatic carbocycles. The van der Waals surface area contributed by atoms with Gasteiger partial charge in [-0.05, 0) is 36.9 Å². The zero-order valence-corrected chi connectivity index (χ0v) is 9.97. The minimum atomic E-state index is 0.437. The molecule has 0 fully saturated rings. The molecule has 0 aliphatic carbocycles. The second kappa shape index (κ2) is 4.67. The first-order chi connectivity index (χ1) is 7.69. The molecule has 0 aliphatic rings. The Balaban J connectivity index is 2.22. The highest BCUT2D eigenvalue weighted by Gasteiger charge is 2.05. The third-order valence-electron chi connectivity index (χ3n) is 1.88. The van der Waals surface area contributed by atoms with Crippen molar-refractivity contribution >= 4 is 29.6 Å². The van der Waals surface area contributed by atoms with E-state index in [-0.39, 0.29) is 0 Å². The number of aromatic nitrogens is 3. The van der Waals surface area contributed by atoms with Crippen molar-refractivity contribution in [3.8, 4) is 0 Å². The van der Waals surface area contributed by atoms with Crippen LogP contribution in [0.4, 0.5) is 0 Å². The minimum Gasteiger partial charge on any atom is -0.298 e. The van der Waals surface area contributed by atoms with E-state index in [2.05, 4.69) is 15.2 Å². The van der Waals surface area contributed by atoms with Crippen LogP contribution in [-0.4, -0.2) is 21.5 Å². The topological polar surface area (TPSA) is 58.6 Å². The number of H-pyrrole nitrogens is 1. The quantitative estimate of drug-likeness (QED) is 0.855. The molecule has 0 saturated carbocycles. The van der Waals surface area contributed by atoms with Crippen molar-refractivity contribution in [3.05, 3.63) is 34.6 Å². The van der Waals surface area contributed by atoms with Gasteiger partial charge in [0.25, 0.3) is 0 Å². The fourth-order valence-electron chi connectivity index (χ4n) is 1.14. The van der Waals surface area contributed by atoms with Crippen LogP contribution in [0.2, 0.25) is 5.02 Å². The molecule has 6 heteroatoms. The lowest BCUT2D eigenvalue weighted by Crippen LogP contribution is -1.83. The van der Waals surface area contributed by atoms with Gasteiger partial charge in [-0.15, -0.1) is 5.10 Å². The lowest BCUT2D eigenvalue weighted by molar-refractivity contribution is 0.112. The highest BCUT2D eigenvalue weighted by molar-refractivity contribution is 7.99. The number of aryl methyl sites for hydroxylation is 1. The first-order valence-corrected chi connectivity index (χ1v) is 5.70. The number of carbonyl (C=O) groups excluding carboxylic acids is 1. The van der Waals surface area contributed by atoms with Crippen LogP contribution in [0.25, 0.3) is 0 Å². The molecular weight excluding hydrogens is 246 g/mol. The summed E-state index contributed by atoms with van der Waals surface area (Å²) in [6.45, 7) is 1.83. The number of aldehydes is 1. The van der Waals surface area contributed by atoms with E-state index in [1.807, 2.05) is 13.0 Å². The summed E-state index contributed by atoms with van der Waals surface area (Å²) < 4.78 is 0. The third kappa shape index (κ3) is 2.43. The molecule has 0 aliphatic heterocycles. The van der Waals surface area contributed by atoms with Gasteiger partial charge < -0.3 is 0 Å². The number of nitrogens with zero attached hydrogens (tertiary/aromatic N) is 2. The lowest BCUT2D eigenvalue weighted by atomic mass is 10.2. The average Bonchev–Trinajstić information content (AvgIpc) is 2.64. The Bertz CT molecular complexity index is 527. The number of carbonyl (C=O) groups is 1. The Morgan fingerprint density at radius 3 is 2.88 bits per heavy atom. The van der Waals surface area contributed by atoms with Gasteiger partial charge in [0.2, 0.25) is 5.16 Å². The predicted octanol–water partition coefficient (Wildman–Crippen LogP) is 2.73. The SMILES string of the molecule is Cc1nc(Sc2ccc(C=O)c(Cl)c2)n[nH]1. The number of nitrogens with one attached hydrogen (secondary N) is 1. The molecule has 2 rings (SSSR count). The number of benzene rings is 1. The van der Waals surface area contributed by atoms with Crippen LogP contribution in [0.3, 0.4) is 0 Å². The largest absolute Gasteiger partial charge is 0.298 e. The normalized spacial score (nSPS) is 10.4. The Hall–Kier alpha value is -1.33. The molecule has 2 aromatic rings. The fourth-order valence-corrected chi connectivity index (χ4v) is 2.23. The zero-order valence-electron chi connectivity index (χ0n) is 8.40. The Morgan fingerprint density at radius 2 is 2.31 bits per heavy atom. The monoisotopic (exact) mass is 253 g/mol. The van der Waals surface area contributed by atoms with Crippen molar-refractivity contribution in [2.24, 2.45) is 0 Å². The molecule has 0 bridgehead atoms. The van der Waals surface area contributed by atoms with Gasteiger partial charge in [-0.25, -0.2) is 4.98 Å². The van der Waals surface area contributed by atoms with Gasteiger partial charge in [0.05, 0.1) is 5.02 Å². The maximum absolute atomic E-state index is 10.6. The van der Waals surface area contributed by atoms with Crippen molar-refractivity contribution in [1.29, 1.82) is 0 Å². The molecule has 1 N–H and O–H groups in total. The summed E-state index contributed by atoms with van der Waals surface area (Å²) in [5, 5.41) is 7.82. The Kier molecular flexibility index (Phi) is 3.26. The van der Waals surface area contributed by atoms with Crippen LogP contribution >= 0.6 is 23.4 Å². The standard InChI is InChI=1S/C10H8ClN3OS/c1-6-12-10(14-13-6)16-8-3-2-7(5-15)9(11)4-8/h2-5H,1H3,(H,12,13,14). The van der Waals surface area contributed by atoms with Crippen molar-refractivity contribution in [2.45, 2.75) is 17.0 Å². The predicted molar refractivity (Wildman–Crippen MR) is 62.1 cm³/mol. The summed E-state index contributed by atoms with van der Waals surface area (Å²) in [7, 11) is 0. The summed E-state index contributed by atoms with van der Waals surface area (Å²) in [5.74, 6) is 0.762. The highest BCUT2D eigenvalue weighted by atomic mass is 35.5. The van der Waals surface area contributed by atoms with Crippen LogP contribution in [0.5, 0.6) is 0 Å². The van der Waals surface area contributed by atoms with Gasteiger partial charge in [0.15, 0.2) is 6.29 Å². The molecule has 1 aromatic heterocycles. The highest BCUT2D eigenvalue weighted by Crippen LogP contribution is 2.28. The summed E-state index contributed by atoms with van der Waals surface area (Å²) >= 11 is 7.30. The fraction of sp³-hybridized carbons (Fsp3) is 0.100. The smallest absolute Gasteiger partial charge is 0.213 e. The molecule has 0 atom stereocenters. The second-order valence-corrected chi connectivity index (χ2v) is 4.55. The molecule has 4 nitrogen and oxygen atoms in total. The van der Waals surface area contributed by atoms with Gasteiger partial charge in [0.1, 0.15) is 5.82 Å². The van der Waals surface area contributed by atoms with Crippen molar-refractivity contribution in [2.75, 3.05) is 0 Å². The summed E-state index contributed by atoms with van der Waals surface area (Å²) in [6.07, 6.45) is 0.730. The molecule has 0 spiro atoms. The van der Waals surface area contributed by atoms with E-state index in [1.54, 1.807) is 12.1 Å². The molecule has 0 unspecified atom stereocenters. The summed E-state index contributed by atoms with van der Waals surface area (Å²) in [5.41, 5.74) is 0.484. The van der Waals surface area contributed by atoms with E-state index >= 15 is 0 Å². The van der Waals surface area contributed by atoms with E-state index in [0.29, 0.717) is 15.7 Å².